The maximum absolute atomic E-state index is 6.06. The van der Waals surface area contributed by atoms with E-state index >= 15 is 0 Å². The molecule has 2 rings (SSSR count). The summed E-state index contributed by atoms with van der Waals surface area (Å²) in [6, 6.07) is 0. The zero-order valence-electron chi connectivity index (χ0n) is 11.6. The first-order valence-corrected chi connectivity index (χ1v) is 7.42. The van der Waals surface area contributed by atoms with Crippen LogP contribution in [0.5, 0.6) is 0 Å². The van der Waals surface area contributed by atoms with Crippen LogP contribution < -0.4 is 5.73 Å². The van der Waals surface area contributed by atoms with Crippen LogP contribution in [0.4, 0.5) is 0 Å². The zero-order valence-corrected chi connectivity index (χ0v) is 11.6. The molecule has 0 bridgehead atoms. The number of ether oxygens (including phenoxy) is 1. The summed E-state index contributed by atoms with van der Waals surface area (Å²) >= 11 is 0. The third-order valence-corrected chi connectivity index (χ3v) is 3.98. The molecule has 2 fully saturated rings. The first kappa shape index (κ1) is 13.7. The Morgan fingerprint density at radius 1 is 1.33 bits per heavy atom. The van der Waals surface area contributed by atoms with Crippen molar-refractivity contribution in [1.82, 2.24) is 4.90 Å². The number of nitrogens with two attached hydrogens (primary N) is 1. The molecule has 2 saturated heterocycles. The highest BCUT2D eigenvalue weighted by atomic mass is 16.5. The van der Waals surface area contributed by atoms with E-state index in [-0.39, 0.29) is 0 Å². The van der Waals surface area contributed by atoms with Gasteiger partial charge < -0.3 is 15.4 Å². The highest BCUT2D eigenvalue weighted by Gasteiger charge is 2.18. The molecule has 0 spiro atoms. The molecular weight excluding hydrogens is 226 g/mol. The van der Waals surface area contributed by atoms with E-state index < -0.39 is 0 Å². The molecule has 0 aromatic carbocycles. The van der Waals surface area contributed by atoms with Gasteiger partial charge in [0.1, 0.15) is 0 Å². The second-order valence-electron chi connectivity index (χ2n) is 5.71. The Morgan fingerprint density at radius 2 is 2.22 bits per heavy atom. The lowest BCUT2D eigenvalue weighted by atomic mass is 10.0. The Morgan fingerprint density at radius 3 is 2.94 bits per heavy atom. The highest BCUT2D eigenvalue weighted by molar-refractivity contribution is 5.78. The number of rotatable bonds is 3. The summed E-state index contributed by atoms with van der Waals surface area (Å²) in [5.74, 6) is 1.48. The van der Waals surface area contributed by atoms with Crippen LogP contribution in [0.2, 0.25) is 0 Å². The van der Waals surface area contributed by atoms with E-state index in [1.165, 1.54) is 32.1 Å². The van der Waals surface area contributed by atoms with Crippen LogP contribution in [0.25, 0.3) is 0 Å². The van der Waals surface area contributed by atoms with Crippen molar-refractivity contribution in [3.63, 3.8) is 0 Å². The molecule has 0 saturated carbocycles. The lowest BCUT2D eigenvalue weighted by Crippen LogP contribution is -2.43. The molecule has 104 valence electrons. The van der Waals surface area contributed by atoms with Gasteiger partial charge in [0.05, 0.1) is 6.10 Å². The van der Waals surface area contributed by atoms with E-state index in [4.69, 9.17) is 10.5 Å². The molecule has 4 heteroatoms. The third-order valence-electron chi connectivity index (χ3n) is 3.98. The predicted octanol–water partition coefficient (Wildman–Crippen LogP) is 1.99. The largest absolute Gasteiger partial charge is 0.378 e. The second-order valence-corrected chi connectivity index (χ2v) is 5.71. The summed E-state index contributed by atoms with van der Waals surface area (Å²) in [7, 11) is 0. The number of aliphatic imine (C=N–C) groups is 1. The Hall–Kier alpha value is -0.770. The number of likely N-dealkylation sites (tertiary alicyclic amines) is 1. The molecule has 0 amide bonds. The van der Waals surface area contributed by atoms with E-state index in [2.05, 4.69) is 16.8 Å². The number of hydrogen-bond acceptors (Lipinski definition) is 2. The lowest BCUT2D eigenvalue weighted by Gasteiger charge is -2.31. The quantitative estimate of drug-likeness (QED) is 0.618. The fourth-order valence-corrected chi connectivity index (χ4v) is 2.86. The monoisotopic (exact) mass is 253 g/mol. The van der Waals surface area contributed by atoms with Gasteiger partial charge in [0, 0.05) is 26.2 Å². The number of piperidine rings is 1. The standard InChI is InChI=1S/C14H27N3O/c1-12-5-4-9-17(11-12)14(15)16-8-7-13-6-2-3-10-18-13/h12-13H,2-11H2,1H3,(H2,15,16). The Balaban J connectivity index is 1.70. The smallest absolute Gasteiger partial charge is 0.191 e. The summed E-state index contributed by atoms with van der Waals surface area (Å²) in [6.07, 6.45) is 7.69. The minimum absolute atomic E-state index is 0.413. The van der Waals surface area contributed by atoms with Crippen LogP contribution in [-0.4, -0.2) is 43.2 Å². The molecule has 2 N–H and O–H groups in total. The van der Waals surface area contributed by atoms with E-state index in [1.54, 1.807) is 0 Å². The van der Waals surface area contributed by atoms with Crippen molar-refractivity contribution in [3.05, 3.63) is 0 Å². The summed E-state index contributed by atoms with van der Waals surface area (Å²) in [4.78, 5) is 6.75. The molecule has 2 unspecified atom stereocenters. The van der Waals surface area contributed by atoms with Crippen LogP contribution in [0.1, 0.15) is 45.4 Å². The van der Waals surface area contributed by atoms with E-state index in [0.29, 0.717) is 6.10 Å². The summed E-state index contributed by atoms with van der Waals surface area (Å²) < 4.78 is 5.70. The van der Waals surface area contributed by atoms with Crippen molar-refractivity contribution in [2.45, 2.75) is 51.6 Å². The summed E-state index contributed by atoms with van der Waals surface area (Å²) in [6.45, 7) is 6.15. The van der Waals surface area contributed by atoms with Crippen molar-refractivity contribution in [3.8, 4) is 0 Å². The second kappa shape index (κ2) is 6.98. The number of hydrogen-bond donors (Lipinski definition) is 1. The van der Waals surface area contributed by atoms with Gasteiger partial charge >= 0.3 is 0 Å². The molecule has 2 aliphatic rings. The maximum atomic E-state index is 6.06. The van der Waals surface area contributed by atoms with E-state index in [1.807, 2.05) is 0 Å². The first-order valence-electron chi connectivity index (χ1n) is 7.42. The zero-order chi connectivity index (χ0) is 12.8. The van der Waals surface area contributed by atoms with Gasteiger partial charge in [-0.1, -0.05) is 6.92 Å². The molecule has 0 aromatic rings. The van der Waals surface area contributed by atoms with E-state index in [9.17, 15) is 0 Å². The van der Waals surface area contributed by atoms with Crippen LogP contribution in [-0.2, 0) is 4.74 Å². The highest BCUT2D eigenvalue weighted by Crippen LogP contribution is 2.16. The molecule has 4 nitrogen and oxygen atoms in total. The van der Waals surface area contributed by atoms with Gasteiger partial charge in [-0.15, -0.1) is 0 Å². The van der Waals surface area contributed by atoms with Gasteiger partial charge in [-0.2, -0.15) is 0 Å². The van der Waals surface area contributed by atoms with Gasteiger partial charge in [-0.05, 0) is 44.4 Å². The van der Waals surface area contributed by atoms with Gasteiger partial charge in [0.15, 0.2) is 5.96 Å². The normalized spacial score (nSPS) is 30.5. The minimum Gasteiger partial charge on any atom is -0.378 e. The van der Waals surface area contributed by atoms with Crippen LogP contribution in [0.15, 0.2) is 4.99 Å². The predicted molar refractivity (Wildman–Crippen MR) is 74.7 cm³/mol. The van der Waals surface area contributed by atoms with Gasteiger partial charge in [-0.3, -0.25) is 4.99 Å². The average molecular weight is 253 g/mol. The molecule has 2 heterocycles. The van der Waals surface area contributed by atoms with Crippen molar-refractivity contribution in [2.24, 2.45) is 16.6 Å². The SMILES string of the molecule is CC1CCCN(C(N)=NCCC2CCCCO2)C1. The Labute approximate surface area is 111 Å². The summed E-state index contributed by atoms with van der Waals surface area (Å²) in [5, 5.41) is 0. The molecule has 18 heavy (non-hydrogen) atoms. The Kier molecular flexibility index (Phi) is 5.29. The molecular formula is C14H27N3O. The number of guanidine groups is 1. The van der Waals surface area contributed by atoms with Crippen molar-refractivity contribution >= 4 is 5.96 Å². The minimum atomic E-state index is 0.413. The topological polar surface area (TPSA) is 50.8 Å². The van der Waals surface area contributed by atoms with Gasteiger partial charge in [0.2, 0.25) is 0 Å². The Bertz CT molecular complexity index is 274. The molecule has 0 aromatic heterocycles. The molecule has 2 atom stereocenters. The molecule has 2 aliphatic heterocycles. The van der Waals surface area contributed by atoms with Crippen LogP contribution in [0.3, 0.4) is 0 Å². The van der Waals surface area contributed by atoms with Crippen molar-refractivity contribution in [1.29, 1.82) is 0 Å². The van der Waals surface area contributed by atoms with Gasteiger partial charge in [0.25, 0.3) is 0 Å². The fraction of sp³-hybridized carbons (Fsp3) is 0.929. The first-order chi connectivity index (χ1) is 8.75. The number of nitrogens with zero attached hydrogens (tertiary/aromatic N) is 2. The fourth-order valence-electron chi connectivity index (χ4n) is 2.86. The third kappa shape index (κ3) is 4.16. The van der Waals surface area contributed by atoms with Crippen molar-refractivity contribution < 1.29 is 4.74 Å². The average Bonchev–Trinajstić information content (AvgIpc) is 2.40. The van der Waals surface area contributed by atoms with Gasteiger partial charge in [-0.25, -0.2) is 0 Å². The molecule has 0 radical (unpaired) electrons. The van der Waals surface area contributed by atoms with Crippen LogP contribution in [0, 0.1) is 5.92 Å². The summed E-state index contributed by atoms with van der Waals surface area (Å²) in [5.41, 5.74) is 6.06. The van der Waals surface area contributed by atoms with Crippen LogP contribution >= 0.6 is 0 Å². The lowest BCUT2D eigenvalue weighted by molar-refractivity contribution is 0.0128. The van der Waals surface area contributed by atoms with E-state index in [0.717, 1.165) is 44.5 Å². The molecule has 0 aliphatic carbocycles. The maximum Gasteiger partial charge on any atom is 0.191 e. The van der Waals surface area contributed by atoms with Crippen molar-refractivity contribution in [2.75, 3.05) is 26.2 Å².